The molecule has 0 saturated heterocycles. The summed E-state index contributed by atoms with van der Waals surface area (Å²) in [5, 5.41) is 10.6. The third kappa shape index (κ3) is 1.15. The number of rotatable bonds is 1. The van der Waals surface area contributed by atoms with Crippen LogP contribution < -0.4 is 4.74 Å². The first-order valence-corrected chi connectivity index (χ1v) is 8.59. The van der Waals surface area contributed by atoms with Crippen LogP contribution in [0.3, 0.4) is 0 Å². The van der Waals surface area contributed by atoms with E-state index in [9.17, 15) is 0 Å². The molecule has 3 heterocycles. The van der Waals surface area contributed by atoms with Gasteiger partial charge in [0, 0.05) is 32.3 Å². The molecule has 25 heavy (non-hydrogen) atoms. The predicted octanol–water partition coefficient (Wildman–Crippen LogP) is 6.03. The van der Waals surface area contributed by atoms with Crippen LogP contribution in [0.1, 0.15) is 0 Å². The molecule has 116 valence electrons. The number of aromatic nitrogens is 1. The smallest absolute Gasteiger partial charge is 0.120 e. The van der Waals surface area contributed by atoms with Crippen LogP contribution in [0.4, 0.5) is 0 Å². The van der Waals surface area contributed by atoms with E-state index in [0.717, 1.165) is 5.75 Å². The Kier molecular flexibility index (Phi) is 1.80. The zero-order valence-corrected chi connectivity index (χ0v) is 13.6. The lowest BCUT2D eigenvalue weighted by Crippen LogP contribution is -1.82. The van der Waals surface area contributed by atoms with Gasteiger partial charge in [-0.1, -0.05) is 42.5 Å². The van der Waals surface area contributed by atoms with E-state index in [-0.39, 0.29) is 0 Å². The number of hydrogen-bond donors (Lipinski definition) is 0. The summed E-state index contributed by atoms with van der Waals surface area (Å²) in [4.78, 5) is 0. The highest BCUT2D eigenvalue weighted by Gasteiger charge is 2.25. The van der Waals surface area contributed by atoms with Crippen LogP contribution in [-0.4, -0.2) is 11.5 Å². The largest absolute Gasteiger partial charge is 0.497 e. The molecular formula is C23H13NO. The molecule has 0 bridgehead atoms. The number of para-hydroxylation sites is 1. The maximum Gasteiger partial charge on any atom is 0.120 e. The van der Waals surface area contributed by atoms with Crippen LogP contribution in [0, 0.1) is 0 Å². The summed E-state index contributed by atoms with van der Waals surface area (Å²) in [6.07, 6.45) is 0. The van der Waals surface area contributed by atoms with E-state index in [1.54, 1.807) is 7.11 Å². The number of fused-ring (bicyclic) bond motifs is 5. The summed E-state index contributed by atoms with van der Waals surface area (Å²) in [7, 11) is 1.75. The summed E-state index contributed by atoms with van der Waals surface area (Å²) in [5.41, 5.74) is 4.02. The van der Waals surface area contributed by atoms with Crippen molar-refractivity contribution < 1.29 is 4.74 Å². The summed E-state index contributed by atoms with van der Waals surface area (Å²) in [6.45, 7) is 0. The molecule has 7 rings (SSSR count). The number of hydrogen-bond acceptors (Lipinski definition) is 1. The zero-order chi connectivity index (χ0) is 16.3. The van der Waals surface area contributed by atoms with E-state index < -0.39 is 0 Å². The van der Waals surface area contributed by atoms with Crippen molar-refractivity contribution in [2.75, 3.05) is 7.11 Å². The lowest BCUT2D eigenvalue weighted by Gasteiger charge is -2.03. The van der Waals surface area contributed by atoms with Crippen molar-refractivity contribution in [1.82, 2.24) is 4.40 Å². The predicted molar refractivity (Wildman–Crippen MR) is 105 cm³/mol. The van der Waals surface area contributed by atoms with Crippen molar-refractivity contribution in [3.8, 4) is 5.75 Å². The van der Waals surface area contributed by atoms with Crippen molar-refractivity contribution >= 4 is 59.6 Å². The van der Waals surface area contributed by atoms with Gasteiger partial charge in [0.2, 0.25) is 0 Å². The van der Waals surface area contributed by atoms with E-state index in [1.807, 2.05) is 0 Å². The topological polar surface area (TPSA) is 13.6 Å². The third-order valence-corrected chi connectivity index (χ3v) is 5.90. The molecule has 2 heteroatoms. The normalized spacial score (nSPS) is 13.0. The van der Waals surface area contributed by atoms with Gasteiger partial charge in [-0.2, -0.15) is 0 Å². The first-order chi connectivity index (χ1) is 12.4. The van der Waals surface area contributed by atoms with E-state index in [1.165, 1.54) is 59.6 Å². The Balaban J connectivity index is 2.02. The molecule has 0 unspecified atom stereocenters. The number of ether oxygens (including phenoxy) is 1. The fourth-order valence-electron chi connectivity index (χ4n) is 4.96. The van der Waals surface area contributed by atoms with E-state index in [0.29, 0.717) is 0 Å². The molecule has 0 fully saturated rings. The van der Waals surface area contributed by atoms with Gasteiger partial charge in [-0.15, -0.1) is 0 Å². The SMILES string of the molecule is COc1cc2c3cccc4c5cc6ccccc6c6c(c1)c2n(c34)c56. The fraction of sp³-hybridized carbons (Fsp3) is 0.0435. The van der Waals surface area contributed by atoms with Gasteiger partial charge in [0.15, 0.2) is 0 Å². The Morgan fingerprint density at radius 1 is 0.640 bits per heavy atom. The fourth-order valence-corrected chi connectivity index (χ4v) is 4.96. The average molecular weight is 319 g/mol. The minimum atomic E-state index is 0.927. The molecule has 0 aliphatic heterocycles. The minimum absolute atomic E-state index is 0.927. The van der Waals surface area contributed by atoms with E-state index >= 15 is 0 Å². The summed E-state index contributed by atoms with van der Waals surface area (Å²) < 4.78 is 8.12. The Labute approximate surface area is 142 Å². The van der Waals surface area contributed by atoms with Crippen LogP contribution in [0.5, 0.6) is 5.75 Å². The zero-order valence-electron chi connectivity index (χ0n) is 13.6. The first-order valence-electron chi connectivity index (χ1n) is 8.59. The quantitative estimate of drug-likeness (QED) is 0.360. The monoisotopic (exact) mass is 319 g/mol. The molecule has 2 nitrogen and oxygen atoms in total. The third-order valence-electron chi connectivity index (χ3n) is 5.90. The van der Waals surface area contributed by atoms with Gasteiger partial charge in [-0.05, 0) is 29.0 Å². The highest BCUT2D eigenvalue weighted by Crippen LogP contribution is 2.49. The van der Waals surface area contributed by atoms with Crippen LogP contribution in [0.15, 0.2) is 60.7 Å². The maximum absolute atomic E-state index is 5.64. The van der Waals surface area contributed by atoms with Gasteiger partial charge < -0.3 is 9.14 Å². The summed E-state index contributed by atoms with van der Waals surface area (Å²) in [6, 6.07) is 22.1. The number of benzene rings is 4. The molecule has 0 atom stereocenters. The maximum atomic E-state index is 5.64. The minimum Gasteiger partial charge on any atom is -0.497 e. The Bertz CT molecular complexity index is 1570. The molecule has 7 aromatic rings. The second-order valence-electron chi connectivity index (χ2n) is 6.98. The van der Waals surface area contributed by atoms with Gasteiger partial charge in [0.1, 0.15) is 5.75 Å². The van der Waals surface area contributed by atoms with E-state index in [2.05, 4.69) is 65.1 Å². The molecule has 0 spiro atoms. The lowest BCUT2D eigenvalue weighted by molar-refractivity contribution is 0.416. The van der Waals surface area contributed by atoms with Crippen LogP contribution in [0.25, 0.3) is 59.6 Å². The first kappa shape index (κ1) is 12.2. The van der Waals surface area contributed by atoms with Crippen LogP contribution in [-0.2, 0) is 0 Å². The van der Waals surface area contributed by atoms with Gasteiger partial charge in [-0.25, -0.2) is 0 Å². The molecule has 3 aromatic heterocycles. The highest BCUT2D eigenvalue weighted by atomic mass is 16.5. The van der Waals surface area contributed by atoms with Gasteiger partial charge in [0.05, 0.1) is 23.7 Å². The molecule has 0 N–H and O–H groups in total. The number of nitrogens with zero attached hydrogens (tertiary/aromatic N) is 1. The summed E-state index contributed by atoms with van der Waals surface area (Å²) in [5.74, 6) is 0.927. The van der Waals surface area contributed by atoms with Crippen molar-refractivity contribution in [3.63, 3.8) is 0 Å². The number of methoxy groups -OCH3 is 1. The highest BCUT2D eigenvalue weighted by molar-refractivity contribution is 6.38. The standard InChI is InChI=1S/C23H13NO/c1-25-13-10-18-16-8-4-7-15-17-9-12-5-2-3-6-14(12)20-19(11-13)22(18)24(21(15)16)23(17)20/h2-11H,1H3. The van der Waals surface area contributed by atoms with Crippen LogP contribution >= 0.6 is 0 Å². The van der Waals surface area contributed by atoms with Gasteiger partial charge >= 0.3 is 0 Å². The Hall–Kier alpha value is -3.26. The molecule has 4 aromatic carbocycles. The molecule has 0 amide bonds. The van der Waals surface area contributed by atoms with Crippen molar-refractivity contribution in [3.05, 3.63) is 60.7 Å². The summed E-state index contributed by atoms with van der Waals surface area (Å²) >= 11 is 0. The van der Waals surface area contributed by atoms with Crippen LogP contribution in [0.2, 0.25) is 0 Å². The van der Waals surface area contributed by atoms with Gasteiger partial charge in [-0.3, -0.25) is 0 Å². The molecule has 0 aliphatic rings. The molecule has 0 saturated carbocycles. The average Bonchev–Trinajstić information content (AvgIpc) is 3.29. The molecule has 0 aliphatic carbocycles. The van der Waals surface area contributed by atoms with E-state index in [4.69, 9.17) is 4.74 Å². The molecular weight excluding hydrogens is 306 g/mol. The lowest BCUT2D eigenvalue weighted by atomic mass is 10.0. The Morgan fingerprint density at radius 2 is 1.32 bits per heavy atom. The van der Waals surface area contributed by atoms with Gasteiger partial charge in [0.25, 0.3) is 0 Å². The molecule has 0 radical (unpaired) electrons. The second kappa shape index (κ2) is 3.70. The Morgan fingerprint density at radius 3 is 2.16 bits per heavy atom. The van der Waals surface area contributed by atoms with Crippen molar-refractivity contribution in [1.29, 1.82) is 0 Å². The van der Waals surface area contributed by atoms with Crippen molar-refractivity contribution in [2.45, 2.75) is 0 Å². The van der Waals surface area contributed by atoms with Crippen molar-refractivity contribution in [2.24, 2.45) is 0 Å². The second-order valence-corrected chi connectivity index (χ2v) is 6.98.